The first-order valence-electron chi connectivity index (χ1n) is 5.80. The molecule has 1 aromatic carbocycles. The molecular weight excluding hydrogens is 271 g/mol. The Morgan fingerprint density at radius 1 is 1.26 bits per heavy atom. The molecule has 0 radical (unpaired) electrons. The molecular formula is C10H15BN2O5S. The van der Waals surface area contributed by atoms with Gasteiger partial charge >= 0.3 is 7.12 Å². The normalized spacial score (nSPS) is 17.4. The Labute approximate surface area is 112 Å². The van der Waals surface area contributed by atoms with Gasteiger partial charge in [-0.15, -0.1) is 4.83 Å². The van der Waals surface area contributed by atoms with Crippen LogP contribution in [0.5, 0.6) is 0 Å². The first-order chi connectivity index (χ1) is 8.99. The van der Waals surface area contributed by atoms with Crippen molar-refractivity contribution >= 4 is 22.6 Å². The van der Waals surface area contributed by atoms with Crippen molar-refractivity contribution in [1.82, 2.24) is 9.84 Å². The van der Waals surface area contributed by atoms with Crippen LogP contribution in [0, 0.1) is 0 Å². The molecule has 9 heteroatoms. The lowest BCUT2D eigenvalue weighted by Gasteiger charge is -2.26. The molecule has 0 amide bonds. The highest BCUT2D eigenvalue weighted by atomic mass is 32.2. The summed E-state index contributed by atoms with van der Waals surface area (Å²) in [5.74, 6) is 0. The number of hydrazine groups is 1. The monoisotopic (exact) mass is 286 g/mol. The third kappa shape index (κ3) is 3.75. The Morgan fingerprint density at radius 3 is 2.58 bits per heavy atom. The Hall–Kier alpha value is -0.965. The maximum atomic E-state index is 12.1. The van der Waals surface area contributed by atoms with E-state index in [4.69, 9.17) is 14.8 Å². The molecule has 1 aliphatic heterocycles. The minimum Gasteiger partial charge on any atom is -0.423 e. The van der Waals surface area contributed by atoms with E-state index in [1.165, 1.54) is 24.3 Å². The molecule has 0 aliphatic carbocycles. The Kier molecular flexibility index (Phi) is 4.56. The Balaban J connectivity index is 2.16. The summed E-state index contributed by atoms with van der Waals surface area (Å²) < 4.78 is 29.4. The fourth-order valence-corrected chi connectivity index (χ4v) is 2.90. The number of morpholine rings is 1. The predicted octanol–water partition coefficient (Wildman–Crippen LogP) is -2.11. The molecule has 1 heterocycles. The van der Waals surface area contributed by atoms with E-state index in [0.717, 1.165) is 0 Å². The second-order valence-corrected chi connectivity index (χ2v) is 5.80. The summed E-state index contributed by atoms with van der Waals surface area (Å²) in [4.78, 5) is 2.43. The van der Waals surface area contributed by atoms with Crippen LogP contribution >= 0.6 is 0 Å². The molecule has 1 aromatic rings. The van der Waals surface area contributed by atoms with E-state index < -0.39 is 17.1 Å². The van der Waals surface area contributed by atoms with Crippen molar-refractivity contribution in [3.05, 3.63) is 24.3 Å². The number of ether oxygens (including phenoxy) is 1. The number of sulfonamides is 1. The number of rotatable bonds is 4. The summed E-state index contributed by atoms with van der Waals surface area (Å²) in [5.41, 5.74) is 0.129. The highest BCUT2D eigenvalue weighted by molar-refractivity contribution is 7.89. The van der Waals surface area contributed by atoms with Crippen LogP contribution in [-0.4, -0.2) is 56.9 Å². The molecule has 1 saturated heterocycles. The summed E-state index contributed by atoms with van der Waals surface area (Å²) in [6.45, 7) is 1.89. The lowest BCUT2D eigenvalue weighted by Crippen LogP contribution is -2.48. The largest absolute Gasteiger partial charge is 0.488 e. The molecule has 104 valence electrons. The van der Waals surface area contributed by atoms with Crippen LogP contribution in [0.25, 0.3) is 0 Å². The third-order valence-corrected chi connectivity index (χ3v) is 4.10. The van der Waals surface area contributed by atoms with Crippen LogP contribution in [0.3, 0.4) is 0 Å². The zero-order chi connectivity index (χ0) is 13.9. The van der Waals surface area contributed by atoms with Gasteiger partial charge < -0.3 is 14.8 Å². The van der Waals surface area contributed by atoms with Gasteiger partial charge in [0.15, 0.2) is 0 Å². The first kappa shape index (κ1) is 14.4. The van der Waals surface area contributed by atoms with Crippen LogP contribution in [0.2, 0.25) is 0 Å². The van der Waals surface area contributed by atoms with Gasteiger partial charge in [-0.25, -0.2) is 13.4 Å². The van der Waals surface area contributed by atoms with Gasteiger partial charge in [0.05, 0.1) is 18.1 Å². The van der Waals surface area contributed by atoms with Crippen LogP contribution in [0.15, 0.2) is 29.2 Å². The molecule has 3 N–H and O–H groups in total. The fraction of sp³-hybridized carbons (Fsp3) is 0.400. The highest BCUT2D eigenvalue weighted by Gasteiger charge is 2.21. The average molecular weight is 286 g/mol. The summed E-state index contributed by atoms with van der Waals surface area (Å²) in [5, 5.41) is 19.7. The maximum Gasteiger partial charge on any atom is 0.488 e. The lowest BCUT2D eigenvalue weighted by molar-refractivity contribution is 0.0272. The van der Waals surface area contributed by atoms with Gasteiger partial charge in [-0.05, 0) is 17.6 Å². The quantitative estimate of drug-likeness (QED) is 0.548. The van der Waals surface area contributed by atoms with Gasteiger partial charge in [0.25, 0.3) is 10.0 Å². The molecule has 0 aromatic heterocycles. The molecule has 0 saturated carbocycles. The van der Waals surface area contributed by atoms with E-state index in [-0.39, 0.29) is 10.4 Å². The zero-order valence-electron chi connectivity index (χ0n) is 10.2. The topological polar surface area (TPSA) is 99.1 Å². The van der Waals surface area contributed by atoms with E-state index in [0.29, 0.717) is 26.3 Å². The van der Waals surface area contributed by atoms with E-state index in [9.17, 15) is 8.42 Å². The number of nitrogens with zero attached hydrogens (tertiary/aromatic N) is 1. The number of hydrogen-bond donors (Lipinski definition) is 3. The number of benzene rings is 1. The second kappa shape index (κ2) is 5.99. The van der Waals surface area contributed by atoms with Gasteiger partial charge in [0, 0.05) is 13.1 Å². The standard InChI is InChI=1S/C10H15BN2O5S/c14-11(15)9-2-1-3-10(8-9)19(16,17)12-13-4-6-18-7-5-13/h1-3,8,12,14-15H,4-7H2. The van der Waals surface area contributed by atoms with Crippen LogP contribution in [0.1, 0.15) is 0 Å². The Morgan fingerprint density at radius 2 is 1.95 bits per heavy atom. The summed E-state index contributed by atoms with van der Waals surface area (Å²) >= 11 is 0. The molecule has 2 rings (SSSR count). The summed E-state index contributed by atoms with van der Waals surface area (Å²) in [7, 11) is -5.41. The zero-order valence-corrected chi connectivity index (χ0v) is 11.0. The van der Waals surface area contributed by atoms with Gasteiger partial charge in [0.1, 0.15) is 0 Å². The molecule has 1 fully saturated rings. The number of nitrogens with one attached hydrogen (secondary N) is 1. The van der Waals surface area contributed by atoms with Crippen molar-refractivity contribution < 1.29 is 23.2 Å². The molecule has 0 bridgehead atoms. The molecule has 7 nitrogen and oxygen atoms in total. The van der Waals surface area contributed by atoms with Crippen LogP contribution in [0.4, 0.5) is 0 Å². The van der Waals surface area contributed by atoms with Crippen molar-refractivity contribution in [2.75, 3.05) is 26.3 Å². The van der Waals surface area contributed by atoms with Crippen molar-refractivity contribution in [3.63, 3.8) is 0 Å². The SMILES string of the molecule is O=S(=O)(NN1CCOCC1)c1cccc(B(O)O)c1. The predicted molar refractivity (Wildman–Crippen MR) is 69.0 cm³/mol. The minimum atomic E-state index is -3.72. The van der Waals surface area contributed by atoms with E-state index in [1.807, 2.05) is 0 Å². The number of hydrogen-bond acceptors (Lipinski definition) is 6. The van der Waals surface area contributed by atoms with E-state index in [1.54, 1.807) is 5.01 Å². The maximum absolute atomic E-state index is 12.1. The molecule has 0 unspecified atom stereocenters. The molecule has 1 aliphatic rings. The smallest absolute Gasteiger partial charge is 0.423 e. The van der Waals surface area contributed by atoms with E-state index in [2.05, 4.69) is 4.83 Å². The van der Waals surface area contributed by atoms with Gasteiger partial charge in [-0.2, -0.15) is 0 Å². The van der Waals surface area contributed by atoms with Gasteiger partial charge in [-0.1, -0.05) is 12.1 Å². The average Bonchev–Trinajstić information content (AvgIpc) is 2.39. The van der Waals surface area contributed by atoms with E-state index >= 15 is 0 Å². The van der Waals surface area contributed by atoms with Crippen LogP contribution < -0.4 is 10.3 Å². The lowest BCUT2D eigenvalue weighted by atomic mass is 9.81. The van der Waals surface area contributed by atoms with Gasteiger partial charge in [0.2, 0.25) is 0 Å². The molecule has 0 atom stereocenters. The molecule has 0 spiro atoms. The molecule has 19 heavy (non-hydrogen) atoms. The van der Waals surface area contributed by atoms with Crippen molar-refractivity contribution in [3.8, 4) is 0 Å². The Bertz CT molecular complexity index is 530. The van der Waals surface area contributed by atoms with Crippen molar-refractivity contribution in [2.24, 2.45) is 0 Å². The fourth-order valence-electron chi connectivity index (χ4n) is 1.72. The van der Waals surface area contributed by atoms with Gasteiger partial charge in [-0.3, -0.25) is 0 Å². The second-order valence-electron chi connectivity index (χ2n) is 4.14. The van der Waals surface area contributed by atoms with Crippen molar-refractivity contribution in [2.45, 2.75) is 4.90 Å². The first-order valence-corrected chi connectivity index (χ1v) is 7.28. The summed E-state index contributed by atoms with van der Waals surface area (Å²) in [6.07, 6.45) is 0. The van der Waals surface area contributed by atoms with Crippen molar-refractivity contribution in [1.29, 1.82) is 0 Å². The minimum absolute atomic E-state index is 0.00964. The summed E-state index contributed by atoms with van der Waals surface area (Å²) in [6, 6.07) is 5.53. The van der Waals surface area contributed by atoms with Crippen LogP contribution in [-0.2, 0) is 14.8 Å². The highest BCUT2D eigenvalue weighted by Crippen LogP contribution is 2.08. The third-order valence-electron chi connectivity index (χ3n) is 2.73.